The van der Waals surface area contributed by atoms with Crippen LogP contribution in [-0.4, -0.2) is 81.4 Å². The molecule has 2 aliphatic heterocycles. The lowest BCUT2D eigenvalue weighted by Crippen LogP contribution is -2.57. The van der Waals surface area contributed by atoms with Crippen LogP contribution in [0.1, 0.15) is 28.8 Å². The predicted octanol–water partition coefficient (Wildman–Crippen LogP) is 1.56. The monoisotopic (exact) mass is 423 g/mol. The summed E-state index contributed by atoms with van der Waals surface area (Å²) < 4.78 is 5.10. The van der Waals surface area contributed by atoms with E-state index in [0.29, 0.717) is 38.0 Å². The number of carbonyl (C=O) groups excluding carboxylic acids is 3. The van der Waals surface area contributed by atoms with Crippen molar-refractivity contribution in [3.63, 3.8) is 0 Å². The van der Waals surface area contributed by atoms with Gasteiger partial charge in [-0.15, -0.1) is 0 Å². The summed E-state index contributed by atoms with van der Waals surface area (Å²) >= 11 is 0. The molecule has 0 radical (unpaired) electrons. The van der Waals surface area contributed by atoms with E-state index in [1.807, 2.05) is 30.3 Å². The molecule has 31 heavy (non-hydrogen) atoms. The summed E-state index contributed by atoms with van der Waals surface area (Å²) in [7, 11) is 1.54. The second kappa shape index (κ2) is 8.81. The number of urea groups is 1. The van der Waals surface area contributed by atoms with Gasteiger partial charge in [0.15, 0.2) is 0 Å². The van der Waals surface area contributed by atoms with Crippen molar-refractivity contribution in [3.8, 4) is 0 Å². The minimum atomic E-state index is -0.954. The molecule has 4 amide bonds. The van der Waals surface area contributed by atoms with Crippen LogP contribution >= 0.6 is 0 Å². The number of likely N-dealkylation sites (tertiary alicyclic amines) is 1. The number of amides is 4. The first-order chi connectivity index (χ1) is 15.1. The number of ether oxygens (including phenoxy) is 1. The van der Waals surface area contributed by atoms with Gasteiger partial charge in [0.2, 0.25) is 0 Å². The van der Waals surface area contributed by atoms with Gasteiger partial charge in [-0.3, -0.25) is 14.5 Å². The molecule has 4 rings (SSSR count). The summed E-state index contributed by atoms with van der Waals surface area (Å²) in [6, 6.07) is 9.32. The van der Waals surface area contributed by atoms with Crippen LogP contribution in [0.15, 0.2) is 49.1 Å². The Morgan fingerprint density at radius 2 is 1.77 bits per heavy atom. The first-order valence-electron chi connectivity index (χ1n) is 10.3. The Bertz CT molecular complexity index is 945. The SMILES string of the molecule is COCCN1C(=O)N(Cc2ccccc2)C2(CCN(C(=O)c3cncnc3)CC2)C1=O. The molecule has 0 N–H and O–H groups in total. The van der Waals surface area contributed by atoms with E-state index in [1.54, 1.807) is 16.9 Å². The Labute approximate surface area is 180 Å². The molecule has 9 heteroatoms. The molecular formula is C22H25N5O4. The van der Waals surface area contributed by atoms with Crippen LogP contribution in [0.4, 0.5) is 4.79 Å². The van der Waals surface area contributed by atoms with Gasteiger partial charge < -0.3 is 14.5 Å². The van der Waals surface area contributed by atoms with Gasteiger partial charge in [0.25, 0.3) is 11.8 Å². The summed E-state index contributed by atoms with van der Waals surface area (Å²) in [5, 5.41) is 0. The van der Waals surface area contributed by atoms with Crippen molar-refractivity contribution in [2.45, 2.75) is 24.9 Å². The maximum absolute atomic E-state index is 13.4. The quantitative estimate of drug-likeness (QED) is 0.655. The van der Waals surface area contributed by atoms with Gasteiger partial charge in [-0.1, -0.05) is 30.3 Å². The normalized spacial score (nSPS) is 18.2. The van der Waals surface area contributed by atoms with Crippen molar-refractivity contribution < 1.29 is 19.1 Å². The lowest BCUT2D eigenvalue weighted by Gasteiger charge is -2.42. The second-order valence-corrected chi connectivity index (χ2v) is 7.75. The maximum atomic E-state index is 13.4. The van der Waals surface area contributed by atoms with Crippen LogP contribution in [0, 0.1) is 0 Å². The minimum Gasteiger partial charge on any atom is -0.383 e. The topological polar surface area (TPSA) is 95.9 Å². The van der Waals surface area contributed by atoms with Crippen LogP contribution in [0.5, 0.6) is 0 Å². The van der Waals surface area contributed by atoms with Crippen LogP contribution < -0.4 is 0 Å². The Balaban J connectivity index is 1.57. The number of carbonyl (C=O) groups is 3. The van der Waals surface area contributed by atoms with Gasteiger partial charge in [-0.2, -0.15) is 0 Å². The first-order valence-corrected chi connectivity index (χ1v) is 10.3. The molecule has 0 atom stereocenters. The van der Waals surface area contributed by atoms with Crippen molar-refractivity contribution in [1.29, 1.82) is 0 Å². The highest BCUT2D eigenvalue weighted by molar-refractivity contribution is 6.07. The van der Waals surface area contributed by atoms with E-state index in [4.69, 9.17) is 4.74 Å². The van der Waals surface area contributed by atoms with E-state index >= 15 is 0 Å². The van der Waals surface area contributed by atoms with Gasteiger partial charge in [-0.25, -0.2) is 14.8 Å². The van der Waals surface area contributed by atoms with Gasteiger partial charge in [0.05, 0.1) is 18.7 Å². The molecule has 1 spiro atoms. The van der Waals surface area contributed by atoms with Gasteiger partial charge in [0, 0.05) is 39.1 Å². The molecule has 0 bridgehead atoms. The standard InChI is InChI=1S/C22H25N5O4/c1-31-12-11-26-20(29)22(27(21(26)30)15-17-5-3-2-4-6-17)7-9-25(10-8-22)19(28)18-13-23-16-24-14-18/h2-6,13-14,16H,7-12,15H2,1H3. The zero-order valence-electron chi connectivity index (χ0n) is 17.4. The molecule has 2 aliphatic rings. The Morgan fingerprint density at radius 1 is 1.10 bits per heavy atom. The van der Waals surface area contributed by atoms with Gasteiger partial charge >= 0.3 is 6.03 Å². The first kappa shape index (κ1) is 20.9. The van der Waals surface area contributed by atoms with Crippen molar-refractivity contribution in [2.24, 2.45) is 0 Å². The number of piperidine rings is 1. The third-order valence-corrected chi connectivity index (χ3v) is 6.01. The van der Waals surface area contributed by atoms with Crippen LogP contribution in [-0.2, 0) is 16.1 Å². The molecule has 1 aromatic heterocycles. The average molecular weight is 423 g/mol. The summed E-state index contributed by atoms with van der Waals surface area (Å²) in [5.74, 6) is -0.376. The summed E-state index contributed by atoms with van der Waals surface area (Å²) in [4.78, 5) is 51.9. The number of hydrogen-bond donors (Lipinski definition) is 0. The number of methoxy groups -OCH3 is 1. The molecule has 2 fully saturated rings. The van der Waals surface area contributed by atoms with Crippen LogP contribution in [0.2, 0.25) is 0 Å². The van der Waals surface area contributed by atoms with E-state index in [2.05, 4.69) is 9.97 Å². The number of hydrogen-bond acceptors (Lipinski definition) is 6. The fraction of sp³-hybridized carbons (Fsp3) is 0.409. The fourth-order valence-electron chi connectivity index (χ4n) is 4.30. The second-order valence-electron chi connectivity index (χ2n) is 7.75. The van der Waals surface area contributed by atoms with E-state index in [-0.39, 0.29) is 31.0 Å². The Kier molecular flexibility index (Phi) is 5.94. The highest BCUT2D eigenvalue weighted by atomic mass is 16.5. The number of benzene rings is 1. The van der Waals surface area contributed by atoms with Crippen molar-refractivity contribution in [2.75, 3.05) is 33.4 Å². The smallest absolute Gasteiger partial charge is 0.328 e. The predicted molar refractivity (Wildman–Crippen MR) is 111 cm³/mol. The molecular weight excluding hydrogens is 398 g/mol. The summed E-state index contributed by atoms with van der Waals surface area (Å²) in [5.41, 5.74) is 0.414. The van der Waals surface area contributed by atoms with E-state index in [1.165, 1.54) is 23.6 Å². The zero-order chi connectivity index (χ0) is 21.8. The molecule has 0 unspecified atom stereocenters. The molecule has 9 nitrogen and oxygen atoms in total. The number of imide groups is 1. The van der Waals surface area contributed by atoms with Crippen LogP contribution in [0.3, 0.4) is 0 Å². The third-order valence-electron chi connectivity index (χ3n) is 6.01. The Hall–Kier alpha value is -3.33. The Morgan fingerprint density at radius 3 is 2.42 bits per heavy atom. The van der Waals surface area contributed by atoms with E-state index in [9.17, 15) is 14.4 Å². The molecule has 0 aliphatic carbocycles. The lowest BCUT2D eigenvalue weighted by molar-refractivity contribution is -0.136. The molecule has 2 saturated heterocycles. The number of nitrogens with zero attached hydrogens (tertiary/aromatic N) is 5. The third kappa shape index (κ3) is 3.88. The molecule has 3 heterocycles. The van der Waals surface area contributed by atoms with Gasteiger partial charge in [0.1, 0.15) is 11.9 Å². The number of rotatable bonds is 6. The number of aromatic nitrogens is 2. The zero-order valence-corrected chi connectivity index (χ0v) is 17.4. The molecule has 162 valence electrons. The lowest BCUT2D eigenvalue weighted by atomic mass is 9.85. The summed E-state index contributed by atoms with van der Waals surface area (Å²) in [6.07, 6.45) is 5.11. The van der Waals surface area contributed by atoms with E-state index < -0.39 is 5.54 Å². The average Bonchev–Trinajstić information content (AvgIpc) is 3.00. The molecule has 0 saturated carbocycles. The van der Waals surface area contributed by atoms with Crippen molar-refractivity contribution in [3.05, 3.63) is 60.2 Å². The van der Waals surface area contributed by atoms with Crippen molar-refractivity contribution >= 4 is 17.8 Å². The molecule has 1 aromatic carbocycles. The maximum Gasteiger partial charge on any atom is 0.328 e. The fourth-order valence-corrected chi connectivity index (χ4v) is 4.30. The summed E-state index contributed by atoms with van der Waals surface area (Å²) in [6.45, 7) is 1.58. The van der Waals surface area contributed by atoms with E-state index in [0.717, 1.165) is 5.56 Å². The largest absolute Gasteiger partial charge is 0.383 e. The highest BCUT2D eigenvalue weighted by Crippen LogP contribution is 2.38. The highest BCUT2D eigenvalue weighted by Gasteiger charge is 2.58. The minimum absolute atomic E-state index is 0.168. The van der Waals surface area contributed by atoms with Crippen molar-refractivity contribution in [1.82, 2.24) is 24.7 Å². The molecule has 2 aromatic rings. The van der Waals surface area contributed by atoms with Crippen LogP contribution in [0.25, 0.3) is 0 Å². The van der Waals surface area contributed by atoms with Gasteiger partial charge in [-0.05, 0) is 18.4 Å².